The summed E-state index contributed by atoms with van der Waals surface area (Å²) in [5.41, 5.74) is 0. The van der Waals surface area contributed by atoms with E-state index in [2.05, 4.69) is 0 Å². The Kier molecular flexibility index (Phi) is 2.96. The van der Waals surface area contributed by atoms with Gasteiger partial charge in [-0.25, -0.2) is 0 Å². The van der Waals surface area contributed by atoms with Crippen LogP contribution in [0.3, 0.4) is 0 Å². The van der Waals surface area contributed by atoms with Gasteiger partial charge >= 0.3 is 0 Å². The molecule has 0 radical (unpaired) electrons. The van der Waals surface area contributed by atoms with Crippen LogP contribution in [-0.2, 0) is 14.3 Å². The first kappa shape index (κ1) is 9.84. The zero-order chi connectivity index (χ0) is 9.97. The topological polar surface area (TPSA) is 43.4 Å². The average Bonchev–Trinajstić information content (AvgIpc) is 2.19. The van der Waals surface area contributed by atoms with Gasteiger partial charge in [0.25, 0.3) is 0 Å². The van der Waals surface area contributed by atoms with E-state index < -0.39 is 5.92 Å². The Morgan fingerprint density at radius 2 is 1.71 bits per heavy atom. The highest BCUT2D eigenvalue weighted by atomic mass is 16.5. The lowest BCUT2D eigenvalue weighted by atomic mass is 9.81. The summed E-state index contributed by atoms with van der Waals surface area (Å²) < 4.78 is 5.52. The maximum absolute atomic E-state index is 11.6. The molecule has 2 fully saturated rings. The van der Waals surface area contributed by atoms with Crippen molar-refractivity contribution in [2.24, 2.45) is 5.92 Å². The smallest absolute Gasteiger partial charge is 0.145 e. The van der Waals surface area contributed by atoms with Crippen LogP contribution < -0.4 is 0 Å². The second-order valence-electron chi connectivity index (χ2n) is 4.17. The molecule has 1 saturated heterocycles. The summed E-state index contributed by atoms with van der Waals surface area (Å²) in [4.78, 5) is 23.2. The third kappa shape index (κ3) is 1.87. The van der Waals surface area contributed by atoms with Crippen molar-refractivity contribution >= 4 is 11.6 Å². The molecule has 0 aromatic heterocycles. The lowest BCUT2D eigenvalue weighted by Gasteiger charge is -2.30. The number of carbonyl (C=O) groups excluding carboxylic acids is 2. The molecule has 0 aromatic carbocycles. The highest BCUT2D eigenvalue weighted by Gasteiger charge is 2.37. The summed E-state index contributed by atoms with van der Waals surface area (Å²) >= 11 is 0. The minimum Gasteiger partial charge on any atom is -0.377 e. The van der Waals surface area contributed by atoms with E-state index in [-0.39, 0.29) is 17.7 Å². The van der Waals surface area contributed by atoms with Crippen molar-refractivity contribution in [1.29, 1.82) is 0 Å². The highest BCUT2D eigenvalue weighted by Crippen LogP contribution is 2.27. The van der Waals surface area contributed by atoms with E-state index in [0.29, 0.717) is 19.4 Å². The van der Waals surface area contributed by atoms with Crippen LogP contribution in [0.4, 0.5) is 0 Å². The zero-order valence-electron chi connectivity index (χ0n) is 8.33. The summed E-state index contributed by atoms with van der Waals surface area (Å²) in [6.07, 6.45) is 4.78. The van der Waals surface area contributed by atoms with Gasteiger partial charge in [-0.15, -0.1) is 0 Å². The highest BCUT2D eigenvalue weighted by molar-refractivity contribution is 6.05. The van der Waals surface area contributed by atoms with Gasteiger partial charge in [-0.05, 0) is 25.7 Å². The molecule has 1 aliphatic heterocycles. The van der Waals surface area contributed by atoms with Gasteiger partial charge in [0.1, 0.15) is 17.5 Å². The molecule has 0 aromatic rings. The maximum Gasteiger partial charge on any atom is 0.145 e. The van der Waals surface area contributed by atoms with Crippen molar-refractivity contribution in [3.05, 3.63) is 0 Å². The lowest BCUT2D eigenvalue weighted by Crippen LogP contribution is -2.41. The van der Waals surface area contributed by atoms with Crippen LogP contribution in [0, 0.1) is 5.92 Å². The molecule has 1 aliphatic carbocycles. The van der Waals surface area contributed by atoms with E-state index in [9.17, 15) is 9.59 Å². The molecule has 1 atom stereocenters. The first-order valence-corrected chi connectivity index (χ1v) is 5.46. The van der Waals surface area contributed by atoms with Gasteiger partial charge in [0, 0.05) is 19.4 Å². The number of hydrogen-bond acceptors (Lipinski definition) is 3. The van der Waals surface area contributed by atoms with Gasteiger partial charge in [0.05, 0.1) is 6.10 Å². The predicted molar refractivity (Wildman–Crippen MR) is 50.9 cm³/mol. The van der Waals surface area contributed by atoms with Gasteiger partial charge < -0.3 is 4.74 Å². The molecule has 78 valence electrons. The maximum atomic E-state index is 11.6. The summed E-state index contributed by atoms with van der Waals surface area (Å²) in [6, 6.07) is 0. The molecule has 0 N–H and O–H groups in total. The van der Waals surface area contributed by atoms with Crippen LogP contribution in [0.5, 0.6) is 0 Å². The van der Waals surface area contributed by atoms with E-state index in [1.165, 1.54) is 0 Å². The largest absolute Gasteiger partial charge is 0.377 e. The van der Waals surface area contributed by atoms with Crippen molar-refractivity contribution in [2.75, 3.05) is 6.61 Å². The number of rotatable bonds is 1. The van der Waals surface area contributed by atoms with E-state index in [1.54, 1.807) is 0 Å². The molecule has 1 unspecified atom stereocenters. The third-order valence-electron chi connectivity index (χ3n) is 3.13. The minimum absolute atomic E-state index is 0.105. The van der Waals surface area contributed by atoms with Crippen LogP contribution >= 0.6 is 0 Å². The minimum atomic E-state index is -0.427. The fourth-order valence-corrected chi connectivity index (χ4v) is 2.37. The number of ketones is 2. The van der Waals surface area contributed by atoms with Crippen LogP contribution in [-0.4, -0.2) is 24.3 Å². The van der Waals surface area contributed by atoms with Crippen LogP contribution in [0.25, 0.3) is 0 Å². The number of hydrogen-bond donors (Lipinski definition) is 0. The quantitative estimate of drug-likeness (QED) is 0.597. The molecule has 0 bridgehead atoms. The molecule has 1 heterocycles. The van der Waals surface area contributed by atoms with Crippen molar-refractivity contribution in [1.82, 2.24) is 0 Å². The second-order valence-corrected chi connectivity index (χ2v) is 4.17. The van der Waals surface area contributed by atoms with Crippen molar-refractivity contribution in [2.45, 2.75) is 44.6 Å². The molecular weight excluding hydrogens is 180 g/mol. The molecule has 3 heteroatoms. The second kappa shape index (κ2) is 4.22. The summed E-state index contributed by atoms with van der Waals surface area (Å²) in [6.45, 7) is 0.710. The Bertz CT molecular complexity index is 225. The monoisotopic (exact) mass is 196 g/mol. The van der Waals surface area contributed by atoms with E-state index >= 15 is 0 Å². The Labute approximate surface area is 83.8 Å². The van der Waals surface area contributed by atoms with Gasteiger partial charge in [-0.1, -0.05) is 0 Å². The number of ether oxygens (including phenoxy) is 1. The molecule has 14 heavy (non-hydrogen) atoms. The van der Waals surface area contributed by atoms with Gasteiger partial charge in [-0.2, -0.15) is 0 Å². The van der Waals surface area contributed by atoms with E-state index in [1.807, 2.05) is 0 Å². The lowest BCUT2D eigenvalue weighted by molar-refractivity contribution is -0.144. The molecule has 2 aliphatic rings. The summed E-state index contributed by atoms with van der Waals surface area (Å²) in [7, 11) is 0. The predicted octanol–water partition coefficient (Wildman–Crippen LogP) is 1.49. The fourth-order valence-electron chi connectivity index (χ4n) is 2.37. The fraction of sp³-hybridized carbons (Fsp3) is 0.818. The Morgan fingerprint density at radius 3 is 2.29 bits per heavy atom. The molecule has 2 rings (SSSR count). The Morgan fingerprint density at radius 1 is 1.00 bits per heavy atom. The SMILES string of the molecule is O=C1CCCC(=O)C1C1CCCCO1. The van der Waals surface area contributed by atoms with Crippen molar-refractivity contribution in [3.63, 3.8) is 0 Å². The van der Waals surface area contributed by atoms with Crippen molar-refractivity contribution < 1.29 is 14.3 Å². The Balaban J connectivity index is 2.05. The van der Waals surface area contributed by atoms with Crippen LogP contribution in [0.15, 0.2) is 0 Å². The Hall–Kier alpha value is -0.700. The van der Waals surface area contributed by atoms with Gasteiger partial charge in [0.15, 0.2) is 0 Å². The number of carbonyl (C=O) groups is 2. The third-order valence-corrected chi connectivity index (χ3v) is 3.13. The van der Waals surface area contributed by atoms with Crippen LogP contribution in [0.2, 0.25) is 0 Å². The molecule has 0 amide bonds. The van der Waals surface area contributed by atoms with Gasteiger partial charge in [-0.3, -0.25) is 9.59 Å². The summed E-state index contributed by atoms with van der Waals surface area (Å²) in [5, 5.41) is 0. The first-order chi connectivity index (χ1) is 6.79. The van der Waals surface area contributed by atoms with E-state index in [0.717, 1.165) is 25.7 Å². The molecule has 3 nitrogen and oxygen atoms in total. The molecule has 0 spiro atoms. The first-order valence-electron chi connectivity index (χ1n) is 5.46. The molecular formula is C11H16O3. The van der Waals surface area contributed by atoms with Gasteiger partial charge in [0.2, 0.25) is 0 Å². The van der Waals surface area contributed by atoms with Crippen molar-refractivity contribution in [3.8, 4) is 0 Å². The van der Waals surface area contributed by atoms with Crippen LogP contribution in [0.1, 0.15) is 38.5 Å². The summed E-state index contributed by atoms with van der Waals surface area (Å²) in [5.74, 6) is -0.217. The average molecular weight is 196 g/mol. The zero-order valence-corrected chi connectivity index (χ0v) is 8.33. The molecule has 1 saturated carbocycles. The number of Topliss-reactive ketones (excluding diaryl/α,β-unsaturated/α-hetero) is 2. The normalized spacial score (nSPS) is 30.7. The van der Waals surface area contributed by atoms with E-state index in [4.69, 9.17) is 4.74 Å². The standard InChI is InChI=1S/C11H16O3/c12-8-4-3-5-9(13)11(8)10-6-1-2-7-14-10/h10-11H,1-7H2.